The Hall–Kier alpha value is -1.82. The predicted molar refractivity (Wildman–Crippen MR) is 68.3 cm³/mol. The van der Waals surface area contributed by atoms with E-state index in [9.17, 15) is 9.59 Å². The molecule has 1 aliphatic heterocycles. The Bertz CT molecular complexity index is 481. The van der Waals surface area contributed by atoms with Gasteiger partial charge in [0, 0.05) is 19.1 Å². The van der Waals surface area contributed by atoms with Crippen LogP contribution in [0.5, 0.6) is 0 Å². The van der Waals surface area contributed by atoms with E-state index in [4.69, 9.17) is 9.52 Å². The summed E-state index contributed by atoms with van der Waals surface area (Å²) in [6.45, 7) is 1.50. The average Bonchev–Trinajstić information content (AvgIpc) is 2.95. The molecule has 0 aromatic carbocycles. The zero-order valence-corrected chi connectivity index (χ0v) is 11.1. The van der Waals surface area contributed by atoms with E-state index in [1.807, 2.05) is 19.0 Å². The molecule has 1 unspecified atom stereocenters. The van der Waals surface area contributed by atoms with Crippen molar-refractivity contribution in [2.24, 2.45) is 0 Å². The minimum atomic E-state index is -1.16. The third-order valence-electron chi connectivity index (χ3n) is 3.24. The lowest BCUT2D eigenvalue weighted by Gasteiger charge is -2.26. The van der Waals surface area contributed by atoms with Crippen molar-refractivity contribution >= 4 is 11.9 Å². The third kappa shape index (κ3) is 2.96. The van der Waals surface area contributed by atoms with Crippen molar-refractivity contribution in [2.75, 3.05) is 27.2 Å². The van der Waals surface area contributed by atoms with E-state index < -0.39 is 5.97 Å². The molecule has 1 saturated heterocycles. The number of hydrogen-bond donors (Lipinski definition) is 1. The number of carbonyl (C=O) groups excluding carboxylic acids is 1. The monoisotopic (exact) mass is 266 g/mol. The summed E-state index contributed by atoms with van der Waals surface area (Å²) >= 11 is 0. The maximum Gasteiger partial charge on any atom is 0.371 e. The van der Waals surface area contributed by atoms with Crippen LogP contribution in [-0.2, 0) is 0 Å². The molecule has 1 aromatic heterocycles. The lowest BCUT2D eigenvalue weighted by atomic mass is 10.2. The highest BCUT2D eigenvalue weighted by atomic mass is 16.4. The number of hydrogen-bond acceptors (Lipinski definition) is 4. The summed E-state index contributed by atoms with van der Waals surface area (Å²) in [5.74, 6) is -1.49. The minimum Gasteiger partial charge on any atom is -0.475 e. The van der Waals surface area contributed by atoms with Crippen molar-refractivity contribution < 1.29 is 19.1 Å². The van der Waals surface area contributed by atoms with Gasteiger partial charge in [0.2, 0.25) is 5.76 Å². The summed E-state index contributed by atoms with van der Waals surface area (Å²) in [6.07, 6.45) is 1.94. The van der Waals surface area contributed by atoms with Gasteiger partial charge >= 0.3 is 5.97 Å². The molecule has 6 heteroatoms. The van der Waals surface area contributed by atoms with Gasteiger partial charge in [0.15, 0.2) is 5.76 Å². The topological polar surface area (TPSA) is 74.0 Å². The maximum absolute atomic E-state index is 12.3. The number of carbonyl (C=O) groups is 2. The fraction of sp³-hybridized carbons (Fsp3) is 0.538. The summed E-state index contributed by atoms with van der Waals surface area (Å²) in [5, 5.41) is 8.79. The second-order valence-electron chi connectivity index (χ2n) is 5.03. The summed E-state index contributed by atoms with van der Waals surface area (Å²) in [5.41, 5.74) is 0. The van der Waals surface area contributed by atoms with Crippen LogP contribution in [0.25, 0.3) is 0 Å². The van der Waals surface area contributed by atoms with Gasteiger partial charge in [0.05, 0.1) is 0 Å². The highest BCUT2D eigenvalue weighted by Crippen LogP contribution is 2.21. The Labute approximate surface area is 111 Å². The number of amides is 1. The van der Waals surface area contributed by atoms with Gasteiger partial charge in [-0.05, 0) is 39.1 Å². The SMILES string of the molecule is CN(C)CC1CCCN1C(=O)c1ccc(C(=O)O)o1. The number of likely N-dealkylation sites (tertiary alicyclic amines) is 1. The van der Waals surface area contributed by atoms with Gasteiger partial charge in [0.1, 0.15) is 0 Å². The third-order valence-corrected chi connectivity index (χ3v) is 3.24. The average molecular weight is 266 g/mol. The number of nitrogens with zero attached hydrogens (tertiary/aromatic N) is 2. The highest BCUT2D eigenvalue weighted by Gasteiger charge is 2.31. The first-order valence-electron chi connectivity index (χ1n) is 6.28. The van der Waals surface area contributed by atoms with Crippen LogP contribution in [0.3, 0.4) is 0 Å². The molecule has 0 bridgehead atoms. The summed E-state index contributed by atoms with van der Waals surface area (Å²) in [6, 6.07) is 2.91. The van der Waals surface area contributed by atoms with Crippen LogP contribution < -0.4 is 0 Å². The molecular formula is C13H18N2O4. The molecule has 6 nitrogen and oxygen atoms in total. The second kappa shape index (κ2) is 5.44. The number of likely N-dealkylation sites (N-methyl/N-ethyl adjacent to an activating group) is 1. The Balaban J connectivity index is 2.11. The van der Waals surface area contributed by atoms with Crippen LogP contribution in [0.1, 0.15) is 34.0 Å². The lowest BCUT2D eigenvalue weighted by Crippen LogP contribution is -2.41. The first-order chi connectivity index (χ1) is 8.99. The Morgan fingerprint density at radius 1 is 1.42 bits per heavy atom. The molecule has 1 atom stereocenters. The van der Waals surface area contributed by atoms with Gasteiger partial charge in [-0.2, -0.15) is 0 Å². The van der Waals surface area contributed by atoms with Crippen molar-refractivity contribution in [3.8, 4) is 0 Å². The predicted octanol–water partition coefficient (Wildman–Crippen LogP) is 1.14. The van der Waals surface area contributed by atoms with Crippen LogP contribution in [0.4, 0.5) is 0 Å². The van der Waals surface area contributed by atoms with E-state index >= 15 is 0 Å². The second-order valence-corrected chi connectivity index (χ2v) is 5.03. The maximum atomic E-state index is 12.3. The molecule has 0 aliphatic carbocycles. The van der Waals surface area contributed by atoms with Crippen LogP contribution >= 0.6 is 0 Å². The Morgan fingerprint density at radius 3 is 2.68 bits per heavy atom. The summed E-state index contributed by atoms with van der Waals surface area (Å²) in [7, 11) is 3.94. The van der Waals surface area contributed by atoms with Crippen LogP contribution in [-0.4, -0.2) is 60.0 Å². The van der Waals surface area contributed by atoms with Crippen LogP contribution in [0, 0.1) is 0 Å². The molecule has 104 valence electrons. The fourth-order valence-electron chi connectivity index (χ4n) is 2.42. The molecule has 0 saturated carbocycles. The van der Waals surface area contributed by atoms with Gasteiger partial charge in [0.25, 0.3) is 5.91 Å². The highest BCUT2D eigenvalue weighted by molar-refractivity contribution is 5.93. The van der Waals surface area contributed by atoms with Crippen molar-refractivity contribution in [1.29, 1.82) is 0 Å². The molecular weight excluding hydrogens is 248 g/mol. The van der Waals surface area contributed by atoms with Crippen molar-refractivity contribution in [3.05, 3.63) is 23.7 Å². The Kier molecular flexibility index (Phi) is 3.90. The number of furan rings is 1. The van der Waals surface area contributed by atoms with E-state index in [0.717, 1.165) is 19.4 Å². The minimum absolute atomic E-state index is 0.100. The van der Waals surface area contributed by atoms with Crippen molar-refractivity contribution in [3.63, 3.8) is 0 Å². The smallest absolute Gasteiger partial charge is 0.371 e. The fourth-order valence-corrected chi connectivity index (χ4v) is 2.42. The van der Waals surface area contributed by atoms with Crippen LogP contribution in [0.2, 0.25) is 0 Å². The zero-order valence-electron chi connectivity index (χ0n) is 11.1. The summed E-state index contributed by atoms with van der Waals surface area (Å²) in [4.78, 5) is 26.8. The molecule has 1 fully saturated rings. The quantitative estimate of drug-likeness (QED) is 0.884. The Morgan fingerprint density at radius 2 is 2.11 bits per heavy atom. The molecule has 1 aliphatic rings. The number of carboxylic acids is 1. The van der Waals surface area contributed by atoms with Gasteiger partial charge in [-0.3, -0.25) is 4.79 Å². The van der Waals surface area contributed by atoms with E-state index in [0.29, 0.717) is 6.54 Å². The van der Waals surface area contributed by atoms with Crippen molar-refractivity contribution in [2.45, 2.75) is 18.9 Å². The normalized spacial score (nSPS) is 19.1. The first kappa shape index (κ1) is 13.6. The summed E-state index contributed by atoms with van der Waals surface area (Å²) < 4.78 is 5.07. The van der Waals surface area contributed by atoms with Gasteiger partial charge in [-0.15, -0.1) is 0 Å². The van der Waals surface area contributed by atoms with Gasteiger partial charge < -0.3 is 19.3 Å². The van der Waals surface area contributed by atoms with E-state index in [1.54, 1.807) is 4.90 Å². The number of rotatable bonds is 4. The van der Waals surface area contributed by atoms with E-state index in [2.05, 4.69) is 0 Å². The van der Waals surface area contributed by atoms with Gasteiger partial charge in [-0.25, -0.2) is 4.79 Å². The molecule has 1 N–H and O–H groups in total. The van der Waals surface area contributed by atoms with Crippen LogP contribution in [0.15, 0.2) is 16.5 Å². The molecule has 19 heavy (non-hydrogen) atoms. The molecule has 2 heterocycles. The first-order valence-corrected chi connectivity index (χ1v) is 6.28. The standard InChI is InChI=1S/C13H18N2O4/c1-14(2)8-9-4-3-7-15(9)12(16)10-5-6-11(19-10)13(17)18/h5-6,9H,3-4,7-8H2,1-2H3,(H,17,18). The van der Waals surface area contributed by atoms with Crippen molar-refractivity contribution in [1.82, 2.24) is 9.80 Å². The molecule has 1 aromatic rings. The molecule has 0 radical (unpaired) electrons. The zero-order chi connectivity index (χ0) is 14.0. The number of carboxylic acid groups (broad SMARTS) is 1. The largest absolute Gasteiger partial charge is 0.475 e. The number of aromatic carboxylic acids is 1. The molecule has 1 amide bonds. The van der Waals surface area contributed by atoms with E-state index in [1.165, 1.54) is 12.1 Å². The molecule has 2 rings (SSSR count). The molecule has 0 spiro atoms. The van der Waals surface area contributed by atoms with E-state index in [-0.39, 0.29) is 23.5 Å². The lowest BCUT2D eigenvalue weighted by molar-refractivity contribution is 0.0640. The van der Waals surface area contributed by atoms with Gasteiger partial charge in [-0.1, -0.05) is 0 Å².